The summed E-state index contributed by atoms with van der Waals surface area (Å²) in [7, 11) is 0. The van der Waals surface area contributed by atoms with E-state index in [0.29, 0.717) is 0 Å². The van der Waals surface area contributed by atoms with Gasteiger partial charge in [0.2, 0.25) is 0 Å². The second kappa shape index (κ2) is 3.37. The van der Waals surface area contributed by atoms with Crippen LogP contribution in [0.1, 0.15) is 5.56 Å². The van der Waals surface area contributed by atoms with Crippen molar-refractivity contribution in [2.24, 2.45) is 0 Å². The summed E-state index contributed by atoms with van der Waals surface area (Å²) in [5, 5.41) is 8.80. The predicted molar refractivity (Wildman–Crippen MR) is 47.3 cm³/mol. The highest BCUT2D eigenvalue weighted by molar-refractivity contribution is 5.24. The van der Waals surface area contributed by atoms with Crippen molar-refractivity contribution in [1.82, 2.24) is 14.5 Å². The molecule has 66 valence electrons. The Morgan fingerprint density at radius 2 is 2.31 bits per heavy atom. The van der Waals surface area contributed by atoms with Crippen LogP contribution in [-0.2, 0) is 6.61 Å². The van der Waals surface area contributed by atoms with Crippen LogP contribution in [0.25, 0.3) is 5.82 Å². The van der Waals surface area contributed by atoms with E-state index in [2.05, 4.69) is 9.97 Å². The molecule has 4 nitrogen and oxygen atoms in total. The number of nitrogens with zero attached hydrogens (tertiary/aromatic N) is 3. The summed E-state index contributed by atoms with van der Waals surface area (Å²) in [6, 6.07) is 3.68. The summed E-state index contributed by atoms with van der Waals surface area (Å²) in [5.74, 6) is 0.801. The number of aromatic nitrogens is 3. The van der Waals surface area contributed by atoms with E-state index < -0.39 is 0 Å². The summed E-state index contributed by atoms with van der Waals surface area (Å²) in [6.45, 7) is 0.0250. The van der Waals surface area contributed by atoms with Crippen LogP contribution >= 0.6 is 0 Å². The lowest BCUT2D eigenvalue weighted by Crippen LogP contribution is -1.94. The molecular weight excluding hydrogens is 166 g/mol. The molecule has 2 aromatic rings. The van der Waals surface area contributed by atoms with E-state index in [0.717, 1.165) is 11.4 Å². The molecule has 0 aliphatic carbocycles. The van der Waals surface area contributed by atoms with Gasteiger partial charge in [-0.2, -0.15) is 0 Å². The number of hydrogen-bond acceptors (Lipinski definition) is 3. The molecule has 0 saturated carbocycles. The molecular formula is C9H9N3O. The largest absolute Gasteiger partial charge is 0.392 e. The average Bonchev–Trinajstić information content (AvgIpc) is 2.71. The summed E-state index contributed by atoms with van der Waals surface area (Å²) in [6.07, 6.45) is 6.85. The lowest BCUT2D eigenvalue weighted by Gasteiger charge is -2.00. The van der Waals surface area contributed by atoms with Crippen LogP contribution in [0.5, 0.6) is 0 Å². The maximum atomic E-state index is 8.80. The van der Waals surface area contributed by atoms with E-state index in [-0.39, 0.29) is 6.61 Å². The van der Waals surface area contributed by atoms with Crippen molar-refractivity contribution in [3.63, 3.8) is 0 Å². The van der Waals surface area contributed by atoms with Gasteiger partial charge in [0.15, 0.2) is 0 Å². The number of rotatable bonds is 2. The number of aliphatic hydroxyl groups is 1. The maximum absolute atomic E-state index is 8.80. The van der Waals surface area contributed by atoms with Crippen LogP contribution in [0.4, 0.5) is 0 Å². The van der Waals surface area contributed by atoms with Gasteiger partial charge >= 0.3 is 0 Å². The topological polar surface area (TPSA) is 50.9 Å². The second-order valence-electron chi connectivity index (χ2n) is 2.65. The first kappa shape index (κ1) is 7.94. The Hall–Kier alpha value is -1.68. The second-order valence-corrected chi connectivity index (χ2v) is 2.65. The monoisotopic (exact) mass is 175 g/mol. The standard InChI is InChI=1S/C9H9N3O/c13-6-8-1-2-9(11-5-8)12-4-3-10-7-12/h1-5,7,13H,6H2. The van der Waals surface area contributed by atoms with E-state index in [4.69, 9.17) is 5.11 Å². The molecule has 0 unspecified atom stereocenters. The molecule has 2 heterocycles. The van der Waals surface area contributed by atoms with Gasteiger partial charge in [0.05, 0.1) is 6.61 Å². The molecule has 0 spiro atoms. The van der Waals surface area contributed by atoms with Gasteiger partial charge in [0, 0.05) is 18.6 Å². The van der Waals surface area contributed by atoms with Crippen molar-refractivity contribution in [2.45, 2.75) is 6.61 Å². The smallest absolute Gasteiger partial charge is 0.137 e. The molecule has 1 N–H and O–H groups in total. The first-order valence-electron chi connectivity index (χ1n) is 3.94. The molecule has 0 saturated heterocycles. The van der Waals surface area contributed by atoms with Crippen molar-refractivity contribution >= 4 is 0 Å². The molecule has 0 aliphatic heterocycles. The van der Waals surface area contributed by atoms with E-state index in [1.807, 2.05) is 18.3 Å². The number of imidazole rings is 1. The quantitative estimate of drug-likeness (QED) is 0.733. The molecule has 4 heteroatoms. The van der Waals surface area contributed by atoms with Crippen LogP contribution in [0.2, 0.25) is 0 Å². The Bertz CT molecular complexity index is 366. The van der Waals surface area contributed by atoms with Gasteiger partial charge in [0.1, 0.15) is 12.1 Å². The number of hydrogen-bond donors (Lipinski definition) is 1. The lowest BCUT2D eigenvalue weighted by atomic mass is 10.3. The van der Waals surface area contributed by atoms with Gasteiger partial charge in [-0.3, -0.25) is 4.57 Å². The Kier molecular flexibility index (Phi) is 2.06. The van der Waals surface area contributed by atoms with Crippen LogP contribution < -0.4 is 0 Å². The highest BCUT2D eigenvalue weighted by atomic mass is 16.3. The maximum Gasteiger partial charge on any atom is 0.137 e. The Morgan fingerprint density at radius 1 is 1.38 bits per heavy atom. The molecule has 0 radical (unpaired) electrons. The van der Waals surface area contributed by atoms with Gasteiger partial charge in [0.25, 0.3) is 0 Å². The van der Waals surface area contributed by atoms with Gasteiger partial charge < -0.3 is 5.11 Å². The van der Waals surface area contributed by atoms with Crippen LogP contribution in [0.15, 0.2) is 37.1 Å². The zero-order valence-electron chi connectivity index (χ0n) is 6.96. The third-order valence-corrected chi connectivity index (χ3v) is 1.76. The SMILES string of the molecule is OCc1ccc(-n2ccnc2)nc1. The molecule has 0 atom stereocenters. The average molecular weight is 175 g/mol. The normalized spacial score (nSPS) is 10.2. The highest BCUT2D eigenvalue weighted by Crippen LogP contribution is 2.04. The number of aliphatic hydroxyl groups excluding tert-OH is 1. The molecule has 2 aromatic heterocycles. The summed E-state index contributed by atoms with van der Waals surface area (Å²) in [4.78, 5) is 8.07. The van der Waals surface area contributed by atoms with E-state index in [1.54, 1.807) is 23.3 Å². The molecule has 0 aromatic carbocycles. The van der Waals surface area contributed by atoms with Crippen LogP contribution in [0.3, 0.4) is 0 Å². The zero-order valence-corrected chi connectivity index (χ0v) is 6.96. The number of pyridine rings is 1. The van der Waals surface area contributed by atoms with Crippen molar-refractivity contribution in [2.75, 3.05) is 0 Å². The Balaban J connectivity index is 2.33. The van der Waals surface area contributed by atoms with E-state index >= 15 is 0 Å². The minimum Gasteiger partial charge on any atom is -0.392 e. The van der Waals surface area contributed by atoms with Gasteiger partial charge in [-0.05, 0) is 11.6 Å². The molecule has 0 bridgehead atoms. The third kappa shape index (κ3) is 1.57. The van der Waals surface area contributed by atoms with E-state index in [1.165, 1.54) is 0 Å². The lowest BCUT2D eigenvalue weighted by molar-refractivity contribution is 0.281. The van der Waals surface area contributed by atoms with Gasteiger partial charge in [-0.1, -0.05) is 6.07 Å². The molecule has 2 rings (SSSR count). The Labute approximate surface area is 75.5 Å². The fourth-order valence-electron chi connectivity index (χ4n) is 1.06. The summed E-state index contributed by atoms with van der Waals surface area (Å²) >= 11 is 0. The Morgan fingerprint density at radius 3 is 2.85 bits per heavy atom. The summed E-state index contributed by atoms with van der Waals surface area (Å²) in [5.41, 5.74) is 0.809. The predicted octanol–water partition coefficient (Wildman–Crippen LogP) is 0.760. The van der Waals surface area contributed by atoms with Crippen molar-refractivity contribution in [3.8, 4) is 5.82 Å². The zero-order chi connectivity index (χ0) is 9.10. The van der Waals surface area contributed by atoms with Gasteiger partial charge in [-0.15, -0.1) is 0 Å². The fraction of sp³-hybridized carbons (Fsp3) is 0.111. The van der Waals surface area contributed by atoms with Gasteiger partial charge in [-0.25, -0.2) is 9.97 Å². The highest BCUT2D eigenvalue weighted by Gasteiger charge is 1.96. The molecule has 13 heavy (non-hydrogen) atoms. The van der Waals surface area contributed by atoms with Crippen molar-refractivity contribution in [1.29, 1.82) is 0 Å². The molecule has 0 amide bonds. The van der Waals surface area contributed by atoms with Crippen molar-refractivity contribution < 1.29 is 5.11 Å². The minimum absolute atomic E-state index is 0.0250. The molecule has 0 fully saturated rings. The minimum atomic E-state index is 0.0250. The van der Waals surface area contributed by atoms with Crippen LogP contribution in [0, 0.1) is 0 Å². The first-order valence-corrected chi connectivity index (χ1v) is 3.94. The first-order chi connectivity index (χ1) is 6.40. The fourth-order valence-corrected chi connectivity index (χ4v) is 1.06. The van der Waals surface area contributed by atoms with Crippen LogP contribution in [-0.4, -0.2) is 19.6 Å². The van der Waals surface area contributed by atoms with E-state index in [9.17, 15) is 0 Å². The van der Waals surface area contributed by atoms with Crippen molar-refractivity contribution in [3.05, 3.63) is 42.6 Å². The summed E-state index contributed by atoms with van der Waals surface area (Å²) < 4.78 is 1.81. The molecule has 0 aliphatic rings. The third-order valence-electron chi connectivity index (χ3n) is 1.76.